The Morgan fingerprint density at radius 3 is 2.59 bits per heavy atom. The molecule has 0 aliphatic rings. The molecule has 0 saturated heterocycles. The first-order chi connectivity index (χ1) is 13.1. The standard InChI is InChI=1S/C20H26N4O3/c1-5-15-13(2)22-19-12-16(23-24(19)20(15)21-9-6-10-25)14-7-8-17(26-3)18(11-14)27-4/h7-8,11-12,21,25H,5-6,9-10H2,1-4H3. The first kappa shape index (κ1) is 19.0. The molecular formula is C20H26N4O3. The average molecular weight is 370 g/mol. The minimum absolute atomic E-state index is 0.150. The summed E-state index contributed by atoms with van der Waals surface area (Å²) in [4.78, 5) is 4.71. The van der Waals surface area contributed by atoms with Crippen molar-refractivity contribution >= 4 is 11.5 Å². The van der Waals surface area contributed by atoms with Crippen molar-refractivity contribution in [2.45, 2.75) is 26.7 Å². The van der Waals surface area contributed by atoms with Crippen molar-refractivity contribution in [3.8, 4) is 22.8 Å². The number of aromatic nitrogens is 3. The highest BCUT2D eigenvalue weighted by Crippen LogP contribution is 2.32. The fourth-order valence-electron chi connectivity index (χ4n) is 3.18. The molecule has 7 nitrogen and oxygen atoms in total. The number of fused-ring (bicyclic) bond motifs is 1. The van der Waals surface area contributed by atoms with Crippen molar-refractivity contribution in [3.05, 3.63) is 35.5 Å². The Bertz CT molecular complexity index is 937. The number of methoxy groups -OCH3 is 2. The van der Waals surface area contributed by atoms with Gasteiger partial charge in [-0.1, -0.05) is 6.92 Å². The summed E-state index contributed by atoms with van der Waals surface area (Å²) in [7, 11) is 3.23. The second-order valence-corrected chi connectivity index (χ2v) is 6.25. The molecule has 0 radical (unpaired) electrons. The van der Waals surface area contributed by atoms with Gasteiger partial charge in [-0.2, -0.15) is 9.61 Å². The van der Waals surface area contributed by atoms with Crippen LogP contribution in [0.5, 0.6) is 11.5 Å². The summed E-state index contributed by atoms with van der Waals surface area (Å²) in [5.74, 6) is 2.27. The van der Waals surface area contributed by atoms with E-state index in [9.17, 15) is 0 Å². The number of aliphatic hydroxyl groups excluding tert-OH is 1. The summed E-state index contributed by atoms with van der Waals surface area (Å²) in [6.07, 6.45) is 1.53. The molecule has 0 spiro atoms. The maximum absolute atomic E-state index is 9.09. The largest absolute Gasteiger partial charge is 0.493 e. The molecule has 0 aliphatic carbocycles. The van der Waals surface area contributed by atoms with Crippen molar-refractivity contribution in [2.75, 3.05) is 32.7 Å². The van der Waals surface area contributed by atoms with E-state index in [4.69, 9.17) is 24.7 Å². The van der Waals surface area contributed by atoms with Crippen molar-refractivity contribution in [1.29, 1.82) is 0 Å². The molecule has 0 fully saturated rings. The van der Waals surface area contributed by atoms with Gasteiger partial charge in [0.1, 0.15) is 5.82 Å². The fraction of sp³-hybridized carbons (Fsp3) is 0.400. The highest BCUT2D eigenvalue weighted by Gasteiger charge is 2.16. The molecular weight excluding hydrogens is 344 g/mol. The van der Waals surface area contributed by atoms with Gasteiger partial charge < -0.3 is 19.9 Å². The van der Waals surface area contributed by atoms with Gasteiger partial charge in [0, 0.05) is 36.0 Å². The minimum atomic E-state index is 0.150. The van der Waals surface area contributed by atoms with Crippen LogP contribution in [-0.4, -0.2) is 47.1 Å². The predicted octanol–water partition coefficient (Wildman–Crippen LogP) is 3.08. The summed E-state index contributed by atoms with van der Waals surface area (Å²) in [5, 5.41) is 17.3. The maximum Gasteiger partial charge on any atom is 0.161 e. The third kappa shape index (κ3) is 3.68. The monoisotopic (exact) mass is 370 g/mol. The summed E-state index contributed by atoms with van der Waals surface area (Å²) in [6, 6.07) is 7.70. The van der Waals surface area contributed by atoms with Crippen LogP contribution < -0.4 is 14.8 Å². The third-order valence-corrected chi connectivity index (χ3v) is 4.57. The number of aliphatic hydroxyl groups is 1. The molecule has 3 aromatic rings. The van der Waals surface area contributed by atoms with E-state index in [-0.39, 0.29) is 6.61 Å². The van der Waals surface area contributed by atoms with Crippen LogP contribution in [0.25, 0.3) is 16.9 Å². The van der Waals surface area contributed by atoms with E-state index < -0.39 is 0 Å². The highest BCUT2D eigenvalue weighted by atomic mass is 16.5. The summed E-state index contributed by atoms with van der Waals surface area (Å²) < 4.78 is 12.6. The smallest absolute Gasteiger partial charge is 0.161 e. The zero-order valence-electron chi connectivity index (χ0n) is 16.2. The second-order valence-electron chi connectivity index (χ2n) is 6.25. The van der Waals surface area contributed by atoms with E-state index in [0.29, 0.717) is 24.5 Å². The number of nitrogens with zero attached hydrogens (tertiary/aromatic N) is 3. The molecule has 0 atom stereocenters. The van der Waals surface area contributed by atoms with E-state index in [0.717, 1.165) is 40.4 Å². The Hall–Kier alpha value is -2.80. The number of aryl methyl sites for hydroxylation is 1. The number of nitrogens with one attached hydrogen (secondary N) is 1. The third-order valence-electron chi connectivity index (χ3n) is 4.57. The van der Waals surface area contributed by atoms with Gasteiger partial charge in [0.25, 0.3) is 0 Å². The van der Waals surface area contributed by atoms with Gasteiger partial charge in [-0.05, 0) is 38.0 Å². The Morgan fingerprint density at radius 1 is 1.15 bits per heavy atom. The van der Waals surface area contributed by atoms with Crippen LogP contribution in [-0.2, 0) is 6.42 Å². The SMILES string of the molecule is CCc1c(C)nc2cc(-c3ccc(OC)c(OC)c3)nn2c1NCCCO. The van der Waals surface area contributed by atoms with Crippen molar-refractivity contribution in [3.63, 3.8) is 0 Å². The van der Waals surface area contributed by atoms with Gasteiger partial charge in [0.2, 0.25) is 0 Å². The zero-order valence-corrected chi connectivity index (χ0v) is 16.2. The molecule has 0 bridgehead atoms. The molecule has 2 N–H and O–H groups in total. The molecule has 3 rings (SSSR count). The average Bonchev–Trinajstić information content (AvgIpc) is 3.11. The van der Waals surface area contributed by atoms with E-state index >= 15 is 0 Å². The number of hydrogen-bond donors (Lipinski definition) is 2. The number of anilines is 1. The topological polar surface area (TPSA) is 80.9 Å². The number of hydrogen-bond acceptors (Lipinski definition) is 6. The fourth-order valence-corrected chi connectivity index (χ4v) is 3.18. The van der Waals surface area contributed by atoms with Crippen molar-refractivity contribution in [2.24, 2.45) is 0 Å². The zero-order chi connectivity index (χ0) is 19.4. The Labute approximate surface area is 159 Å². The van der Waals surface area contributed by atoms with Crippen LogP contribution in [0.1, 0.15) is 24.6 Å². The van der Waals surface area contributed by atoms with Crippen molar-refractivity contribution < 1.29 is 14.6 Å². The number of benzene rings is 1. The molecule has 27 heavy (non-hydrogen) atoms. The van der Waals surface area contributed by atoms with Crippen LogP contribution in [0.4, 0.5) is 5.82 Å². The predicted molar refractivity (Wildman–Crippen MR) is 106 cm³/mol. The van der Waals surface area contributed by atoms with Crippen LogP contribution >= 0.6 is 0 Å². The van der Waals surface area contributed by atoms with E-state index in [1.54, 1.807) is 14.2 Å². The van der Waals surface area contributed by atoms with E-state index in [1.165, 1.54) is 0 Å². The van der Waals surface area contributed by atoms with Gasteiger partial charge >= 0.3 is 0 Å². The molecule has 0 unspecified atom stereocenters. The van der Waals surface area contributed by atoms with Crippen molar-refractivity contribution in [1.82, 2.24) is 14.6 Å². The molecule has 2 heterocycles. The minimum Gasteiger partial charge on any atom is -0.493 e. The second kappa shape index (κ2) is 8.26. The molecule has 144 valence electrons. The number of rotatable bonds is 8. The molecule has 2 aromatic heterocycles. The van der Waals surface area contributed by atoms with Gasteiger partial charge in [-0.15, -0.1) is 0 Å². The molecule has 1 aromatic carbocycles. The Kier molecular flexibility index (Phi) is 5.81. The first-order valence-corrected chi connectivity index (χ1v) is 9.09. The molecule has 0 aliphatic heterocycles. The Balaban J connectivity index is 2.10. The van der Waals surface area contributed by atoms with Gasteiger partial charge in [0.15, 0.2) is 17.1 Å². The quantitative estimate of drug-likeness (QED) is 0.593. The van der Waals surface area contributed by atoms with Gasteiger partial charge in [0.05, 0.1) is 19.9 Å². The van der Waals surface area contributed by atoms with Crippen LogP contribution in [0.2, 0.25) is 0 Å². The molecule has 7 heteroatoms. The first-order valence-electron chi connectivity index (χ1n) is 9.09. The normalized spacial score (nSPS) is 11.0. The van der Waals surface area contributed by atoms with Crippen LogP contribution in [0.3, 0.4) is 0 Å². The van der Waals surface area contributed by atoms with Crippen LogP contribution in [0.15, 0.2) is 24.3 Å². The summed E-state index contributed by atoms with van der Waals surface area (Å²) in [5.41, 5.74) is 4.62. The maximum atomic E-state index is 9.09. The van der Waals surface area contributed by atoms with Gasteiger partial charge in [-0.3, -0.25) is 0 Å². The molecule has 0 saturated carbocycles. The van der Waals surface area contributed by atoms with E-state index in [1.807, 2.05) is 35.7 Å². The summed E-state index contributed by atoms with van der Waals surface area (Å²) in [6.45, 7) is 4.94. The number of ether oxygens (including phenoxy) is 2. The Morgan fingerprint density at radius 2 is 1.93 bits per heavy atom. The lowest BCUT2D eigenvalue weighted by Crippen LogP contribution is -2.13. The lowest BCUT2D eigenvalue weighted by Gasteiger charge is -2.14. The molecule has 0 amide bonds. The highest BCUT2D eigenvalue weighted by molar-refractivity contribution is 5.69. The van der Waals surface area contributed by atoms with E-state index in [2.05, 4.69) is 12.2 Å². The lowest BCUT2D eigenvalue weighted by molar-refractivity contribution is 0.292. The van der Waals surface area contributed by atoms with Gasteiger partial charge in [-0.25, -0.2) is 4.98 Å². The lowest BCUT2D eigenvalue weighted by atomic mass is 10.1. The summed E-state index contributed by atoms with van der Waals surface area (Å²) >= 11 is 0. The van der Waals surface area contributed by atoms with Crippen LogP contribution in [0, 0.1) is 6.92 Å².